The van der Waals surface area contributed by atoms with Gasteiger partial charge in [-0.25, -0.2) is 0 Å². The quantitative estimate of drug-likeness (QED) is 0.121. The van der Waals surface area contributed by atoms with Crippen LogP contribution in [-0.4, -0.2) is 69.6 Å². The molecule has 2 rings (SSSR count). The molecule has 1 aromatic rings. The summed E-state index contributed by atoms with van der Waals surface area (Å²) in [5.74, 6) is -0.0868. The normalized spacial score (nSPS) is 14.4. The van der Waals surface area contributed by atoms with Gasteiger partial charge in [0.05, 0.1) is 6.42 Å². The molecular formula is C31H54N6O3. The SMILES string of the molecule is NCCCNCCCCNCCCNC(=O)[C@H](CCCCNC(=O)Cc1ccccc1)NC(=O)C1CCCCC1. The molecule has 1 atom stereocenters. The van der Waals surface area contributed by atoms with Gasteiger partial charge in [0.1, 0.15) is 6.04 Å². The van der Waals surface area contributed by atoms with Crippen molar-refractivity contribution in [1.82, 2.24) is 26.6 Å². The van der Waals surface area contributed by atoms with Crippen molar-refractivity contribution in [2.45, 2.75) is 89.5 Å². The number of nitrogens with two attached hydrogens (primary N) is 1. The number of unbranched alkanes of at least 4 members (excludes halogenated alkanes) is 2. The maximum Gasteiger partial charge on any atom is 0.242 e. The van der Waals surface area contributed by atoms with Crippen LogP contribution < -0.4 is 32.3 Å². The average Bonchev–Trinajstić information content (AvgIpc) is 2.97. The van der Waals surface area contributed by atoms with Crippen molar-refractivity contribution in [3.8, 4) is 0 Å². The Hall–Kier alpha value is -2.49. The van der Waals surface area contributed by atoms with Crippen molar-refractivity contribution < 1.29 is 14.4 Å². The van der Waals surface area contributed by atoms with Gasteiger partial charge in [0.25, 0.3) is 0 Å². The summed E-state index contributed by atoms with van der Waals surface area (Å²) in [5, 5.41) is 15.9. The third kappa shape index (κ3) is 15.9. The van der Waals surface area contributed by atoms with Gasteiger partial charge in [0.15, 0.2) is 0 Å². The zero-order valence-corrected chi connectivity index (χ0v) is 24.5. The molecule has 9 nitrogen and oxygen atoms in total. The minimum absolute atomic E-state index is 0.00104. The van der Waals surface area contributed by atoms with E-state index in [1.54, 1.807) is 0 Å². The van der Waals surface area contributed by atoms with E-state index in [0.717, 1.165) is 102 Å². The molecule has 0 bridgehead atoms. The van der Waals surface area contributed by atoms with Gasteiger partial charge in [-0.15, -0.1) is 0 Å². The maximum absolute atomic E-state index is 13.0. The topological polar surface area (TPSA) is 137 Å². The lowest BCUT2D eigenvalue weighted by Crippen LogP contribution is -2.49. The fourth-order valence-corrected chi connectivity index (χ4v) is 4.99. The Morgan fingerprint density at radius 2 is 1.38 bits per heavy atom. The van der Waals surface area contributed by atoms with E-state index in [1.165, 1.54) is 6.42 Å². The van der Waals surface area contributed by atoms with E-state index in [2.05, 4.69) is 26.6 Å². The molecular weight excluding hydrogens is 504 g/mol. The van der Waals surface area contributed by atoms with Crippen molar-refractivity contribution in [1.29, 1.82) is 0 Å². The predicted octanol–water partition coefficient (Wildman–Crippen LogP) is 2.40. The lowest BCUT2D eigenvalue weighted by Gasteiger charge is -2.24. The molecule has 7 N–H and O–H groups in total. The van der Waals surface area contributed by atoms with Gasteiger partial charge in [0.2, 0.25) is 17.7 Å². The number of carbonyl (C=O) groups is 3. The largest absolute Gasteiger partial charge is 0.356 e. The van der Waals surface area contributed by atoms with Crippen LogP contribution in [-0.2, 0) is 20.8 Å². The first kappa shape index (κ1) is 33.7. The van der Waals surface area contributed by atoms with Gasteiger partial charge in [-0.2, -0.15) is 0 Å². The second kappa shape index (κ2) is 22.2. The van der Waals surface area contributed by atoms with Gasteiger partial charge >= 0.3 is 0 Å². The lowest BCUT2D eigenvalue weighted by atomic mass is 9.88. The van der Waals surface area contributed by atoms with Crippen LogP contribution in [0.15, 0.2) is 30.3 Å². The molecule has 0 spiro atoms. The highest BCUT2D eigenvalue weighted by Gasteiger charge is 2.26. The van der Waals surface area contributed by atoms with Crippen LogP contribution in [0.2, 0.25) is 0 Å². The highest BCUT2D eigenvalue weighted by Crippen LogP contribution is 2.24. The molecule has 226 valence electrons. The van der Waals surface area contributed by atoms with E-state index < -0.39 is 6.04 Å². The first-order valence-corrected chi connectivity index (χ1v) is 15.6. The number of benzene rings is 1. The number of carbonyl (C=O) groups excluding carboxylic acids is 3. The van der Waals surface area contributed by atoms with Crippen LogP contribution >= 0.6 is 0 Å². The van der Waals surface area contributed by atoms with Crippen LogP contribution in [0.5, 0.6) is 0 Å². The lowest BCUT2D eigenvalue weighted by molar-refractivity contribution is -0.131. The second-order valence-corrected chi connectivity index (χ2v) is 10.9. The summed E-state index contributed by atoms with van der Waals surface area (Å²) in [6.07, 6.45) is 11.7. The summed E-state index contributed by atoms with van der Waals surface area (Å²) in [6, 6.07) is 9.15. The van der Waals surface area contributed by atoms with E-state index in [9.17, 15) is 14.4 Å². The summed E-state index contributed by atoms with van der Waals surface area (Å²) < 4.78 is 0. The van der Waals surface area contributed by atoms with Crippen LogP contribution in [0.3, 0.4) is 0 Å². The first-order chi connectivity index (χ1) is 19.6. The third-order valence-electron chi connectivity index (χ3n) is 7.40. The molecule has 3 amide bonds. The molecule has 1 aliphatic rings. The molecule has 0 aromatic heterocycles. The van der Waals surface area contributed by atoms with Crippen molar-refractivity contribution in [3.63, 3.8) is 0 Å². The second-order valence-electron chi connectivity index (χ2n) is 10.9. The van der Waals surface area contributed by atoms with E-state index in [-0.39, 0.29) is 23.6 Å². The van der Waals surface area contributed by atoms with Gasteiger partial charge in [-0.05, 0) is 96.1 Å². The zero-order valence-electron chi connectivity index (χ0n) is 24.5. The molecule has 0 radical (unpaired) electrons. The Morgan fingerprint density at radius 1 is 0.750 bits per heavy atom. The Labute approximate surface area is 241 Å². The summed E-state index contributed by atoms with van der Waals surface area (Å²) in [4.78, 5) is 38.0. The maximum atomic E-state index is 13.0. The number of hydrogen-bond donors (Lipinski definition) is 6. The summed E-state index contributed by atoms with van der Waals surface area (Å²) >= 11 is 0. The van der Waals surface area contributed by atoms with Crippen LogP contribution in [0.25, 0.3) is 0 Å². The zero-order chi connectivity index (χ0) is 28.7. The minimum atomic E-state index is -0.533. The number of hydrogen-bond acceptors (Lipinski definition) is 6. The molecule has 0 heterocycles. The van der Waals surface area contributed by atoms with Crippen LogP contribution in [0.4, 0.5) is 0 Å². The minimum Gasteiger partial charge on any atom is -0.356 e. The van der Waals surface area contributed by atoms with E-state index >= 15 is 0 Å². The van der Waals surface area contributed by atoms with E-state index in [1.807, 2.05) is 30.3 Å². The third-order valence-corrected chi connectivity index (χ3v) is 7.40. The van der Waals surface area contributed by atoms with Crippen molar-refractivity contribution >= 4 is 17.7 Å². The number of nitrogens with one attached hydrogen (secondary N) is 5. The van der Waals surface area contributed by atoms with Gasteiger partial charge < -0.3 is 32.3 Å². The van der Waals surface area contributed by atoms with Crippen molar-refractivity contribution in [2.75, 3.05) is 45.8 Å². The van der Waals surface area contributed by atoms with E-state index in [0.29, 0.717) is 25.9 Å². The molecule has 1 aliphatic carbocycles. The van der Waals surface area contributed by atoms with E-state index in [4.69, 9.17) is 5.73 Å². The Morgan fingerprint density at radius 3 is 2.08 bits per heavy atom. The molecule has 0 saturated heterocycles. The van der Waals surface area contributed by atoms with Crippen LogP contribution in [0.1, 0.15) is 82.6 Å². The molecule has 0 unspecified atom stereocenters. The molecule has 1 aromatic carbocycles. The highest BCUT2D eigenvalue weighted by molar-refractivity contribution is 5.88. The Bertz CT molecular complexity index is 817. The molecule has 0 aliphatic heterocycles. The summed E-state index contributed by atoms with van der Waals surface area (Å²) in [5.41, 5.74) is 6.48. The Kier molecular flexibility index (Phi) is 18.7. The first-order valence-electron chi connectivity index (χ1n) is 15.6. The monoisotopic (exact) mass is 558 g/mol. The standard InChI is InChI=1S/C31H54N6O3/c32-18-11-21-33-19-9-10-20-34-22-12-24-36-31(40)28(37-30(39)27-15-5-2-6-16-27)17-7-8-23-35-29(38)25-26-13-3-1-4-14-26/h1,3-4,13-14,27-28,33-34H,2,5-12,15-25,32H2,(H,35,38)(H,36,40)(H,37,39)/t28-/m0/s1. The number of rotatable bonds is 22. The molecule has 1 fully saturated rings. The van der Waals surface area contributed by atoms with Gasteiger partial charge in [-0.1, -0.05) is 49.6 Å². The summed E-state index contributed by atoms with van der Waals surface area (Å²) in [6.45, 7) is 5.69. The molecule has 1 saturated carbocycles. The Balaban J connectivity index is 1.64. The predicted molar refractivity (Wildman–Crippen MR) is 162 cm³/mol. The molecule has 9 heteroatoms. The smallest absolute Gasteiger partial charge is 0.242 e. The fourth-order valence-electron chi connectivity index (χ4n) is 4.99. The van der Waals surface area contributed by atoms with Gasteiger partial charge in [0, 0.05) is 19.0 Å². The average molecular weight is 559 g/mol. The van der Waals surface area contributed by atoms with Gasteiger partial charge in [-0.3, -0.25) is 14.4 Å². The highest BCUT2D eigenvalue weighted by atomic mass is 16.2. The fraction of sp³-hybridized carbons (Fsp3) is 0.710. The number of amides is 3. The van der Waals surface area contributed by atoms with Crippen LogP contribution in [0, 0.1) is 5.92 Å². The van der Waals surface area contributed by atoms with Crippen molar-refractivity contribution in [3.05, 3.63) is 35.9 Å². The van der Waals surface area contributed by atoms with Crippen molar-refractivity contribution in [2.24, 2.45) is 11.7 Å². The summed E-state index contributed by atoms with van der Waals surface area (Å²) in [7, 11) is 0. The molecule has 40 heavy (non-hydrogen) atoms.